The Labute approximate surface area is 98.4 Å². The fourth-order valence-corrected chi connectivity index (χ4v) is 2.27. The average molecular weight is 268 g/mol. The molecule has 0 spiro atoms. The molecule has 0 N–H and O–H groups in total. The molecule has 1 fully saturated rings. The lowest BCUT2D eigenvalue weighted by molar-refractivity contribution is -0.127. The molecule has 1 amide bonds. The fraction of sp³-hybridized carbons (Fsp3) is 0.417. The molecule has 1 saturated heterocycles. The van der Waals surface area contributed by atoms with Crippen LogP contribution in [0.2, 0.25) is 0 Å². The Morgan fingerprint density at radius 3 is 2.60 bits per heavy atom. The van der Waals surface area contributed by atoms with E-state index in [-0.39, 0.29) is 10.7 Å². The predicted molar refractivity (Wildman–Crippen MR) is 63.9 cm³/mol. The van der Waals surface area contributed by atoms with Crippen LogP contribution in [0.15, 0.2) is 24.3 Å². The third-order valence-electron chi connectivity index (χ3n) is 2.73. The van der Waals surface area contributed by atoms with Crippen molar-refractivity contribution in [1.82, 2.24) is 4.90 Å². The average Bonchev–Trinajstić information content (AvgIpc) is 2.53. The molecule has 15 heavy (non-hydrogen) atoms. The second kappa shape index (κ2) is 4.35. The minimum Gasteiger partial charge on any atom is -0.337 e. The quantitative estimate of drug-likeness (QED) is 0.755. The zero-order valence-electron chi connectivity index (χ0n) is 8.74. The summed E-state index contributed by atoms with van der Waals surface area (Å²) in [5, 5.41) is 0. The summed E-state index contributed by atoms with van der Waals surface area (Å²) in [5.74, 6) is 0.218. The molecular formula is C12H14BrNO. The molecule has 1 aromatic carbocycles. The lowest BCUT2D eigenvalue weighted by Gasteiger charge is -2.15. The molecule has 1 atom stereocenters. The molecule has 0 bridgehead atoms. The van der Waals surface area contributed by atoms with E-state index >= 15 is 0 Å². The summed E-state index contributed by atoms with van der Waals surface area (Å²) >= 11 is 3.38. The van der Waals surface area contributed by atoms with Crippen LogP contribution in [0.4, 0.5) is 0 Å². The van der Waals surface area contributed by atoms with Gasteiger partial charge in [-0.1, -0.05) is 45.8 Å². The van der Waals surface area contributed by atoms with Crippen LogP contribution in [0.1, 0.15) is 17.5 Å². The number of likely N-dealkylation sites (tertiary alicyclic amines) is 1. The highest BCUT2D eigenvalue weighted by molar-refractivity contribution is 9.10. The van der Waals surface area contributed by atoms with Gasteiger partial charge in [0.15, 0.2) is 0 Å². The number of amides is 1. The van der Waals surface area contributed by atoms with Gasteiger partial charge in [0.2, 0.25) is 5.91 Å². The highest BCUT2D eigenvalue weighted by Crippen LogP contribution is 2.20. The first-order valence-electron chi connectivity index (χ1n) is 5.15. The van der Waals surface area contributed by atoms with Crippen molar-refractivity contribution in [3.8, 4) is 0 Å². The van der Waals surface area contributed by atoms with Crippen LogP contribution in [0.5, 0.6) is 0 Å². The maximum Gasteiger partial charge on any atom is 0.236 e. The Morgan fingerprint density at radius 1 is 1.40 bits per heavy atom. The number of rotatable bonds is 2. The summed E-state index contributed by atoms with van der Waals surface area (Å²) in [6.45, 7) is 3.67. The van der Waals surface area contributed by atoms with Crippen LogP contribution in [0, 0.1) is 6.92 Å². The number of halogens is 1. The normalized spacial score (nSPS) is 21.1. The van der Waals surface area contributed by atoms with Gasteiger partial charge in [-0.15, -0.1) is 0 Å². The van der Waals surface area contributed by atoms with Crippen LogP contribution in [0.25, 0.3) is 0 Å². The van der Waals surface area contributed by atoms with E-state index in [1.165, 1.54) is 11.1 Å². The largest absolute Gasteiger partial charge is 0.337 e. The minimum atomic E-state index is 0.0305. The number of hydrogen-bond donors (Lipinski definition) is 0. The Hall–Kier alpha value is -0.830. The standard InChI is InChI=1S/C12H14BrNO/c1-9-2-4-10(5-3-9)8-14-7-6-11(13)12(14)15/h2-5,11H,6-8H2,1H3. The maximum atomic E-state index is 11.7. The summed E-state index contributed by atoms with van der Waals surface area (Å²) in [6.07, 6.45) is 0.921. The lowest BCUT2D eigenvalue weighted by atomic mass is 10.1. The lowest BCUT2D eigenvalue weighted by Crippen LogP contribution is -2.26. The van der Waals surface area contributed by atoms with Crippen molar-refractivity contribution in [2.24, 2.45) is 0 Å². The summed E-state index contributed by atoms with van der Waals surface area (Å²) in [4.78, 5) is 13.6. The van der Waals surface area contributed by atoms with Gasteiger partial charge in [0.1, 0.15) is 0 Å². The number of alkyl halides is 1. The molecule has 1 unspecified atom stereocenters. The Bertz CT molecular complexity index is 360. The van der Waals surface area contributed by atoms with Gasteiger partial charge in [0, 0.05) is 13.1 Å². The summed E-state index contributed by atoms with van der Waals surface area (Å²) < 4.78 is 0. The summed E-state index contributed by atoms with van der Waals surface area (Å²) in [7, 11) is 0. The Kier molecular flexibility index (Phi) is 3.10. The van der Waals surface area contributed by atoms with Gasteiger partial charge in [0.05, 0.1) is 4.83 Å². The molecule has 1 aromatic rings. The summed E-state index contributed by atoms with van der Waals surface area (Å²) in [6, 6.07) is 8.34. The van der Waals surface area contributed by atoms with Crippen molar-refractivity contribution >= 4 is 21.8 Å². The number of carbonyl (C=O) groups is 1. The minimum absolute atomic E-state index is 0.0305. The smallest absolute Gasteiger partial charge is 0.236 e. The number of benzene rings is 1. The number of carbonyl (C=O) groups excluding carboxylic acids is 1. The number of nitrogens with zero attached hydrogens (tertiary/aromatic N) is 1. The van der Waals surface area contributed by atoms with E-state index in [0.717, 1.165) is 19.5 Å². The molecule has 0 aromatic heterocycles. The zero-order valence-corrected chi connectivity index (χ0v) is 10.3. The van der Waals surface area contributed by atoms with Crippen molar-refractivity contribution in [3.63, 3.8) is 0 Å². The first kappa shape index (κ1) is 10.7. The van der Waals surface area contributed by atoms with Gasteiger partial charge >= 0.3 is 0 Å². The molecule has 0 radical (unpaired) electrons. The summed E-state index contributed by atoms with van der Waals surface area (Å²) in [5.41, 5.74) is 2.46. The van der Waals surface area contributed by atoms with Gasteiger partial charge in [-0.05, 0) is 18.9 Å². The topological polar surface area (TPSA) is 20.3 Å². The molecule has 0 aliphatic carbocycles. The molecular weight excluding hydrogens is 254 g/mol. The molecule has 2 nitrogen and oxygen atoms in total. The van der Waals surface area contributed by atoms with Gasteiger partial charge in [-0.2, -0.15) is 0 Å². The highest BCUT2D eigenvalue weighted by atomic mass is 79.9. The van der Waals surface area contributed by atoms with E-state index in [4.69, 9.17) is 0 Å². The Balaban J connectivity index is 2.03. The van der Waals surface area contributed by atoms with Crippen molar-refractivity contribution in [1.29, 1.82) is 0 Å². The predicted octanol–water partition coefficient (Wildman–Crippen LogP) is 2.49. The van der Waals surface area contributed by atoms with E-state index in [2.05, 4.69) is 47.1 Å². The molecule has 80 valence electrons. The first-order valence-corrected chi connectivity index (χ1v) is 6.07. The van der Waals surface area contributed by atoms with Crippen molar-refractivity contribution in [3.05, 3.63) is 35.4 Å². The fourth-order valence-electron chi connectivity index (χ4n) is 1.77. The zero-order chi connectivity index (χ0) is 10.8. The maximum absolute atomic E-state index is 11.7. The second-order valence-electron chi connectivity index (χ2n) is 4.00. The van der Waals surface area contributed by atoms with E-state index in [1.54, 1.807) is 0 Å². The van der Waals surface area contributed by atoms with Gasteiger partial charge in [-0.25, -0.2) is 0 Å². The Morgan fingerprint density at radius 2 is 2.07 bits per heavy atom. The van der Waals surface area contributed by atoms with Crippen LogP contribution in [0.3, 0.4) is 0 Å². The van der Waals surface area contributed by atoms with E-state index in [0.29, 0.717) is 0 Å². The van der Waals surface area contributed by atoms with Crippen LogP contribution in [-0.4, -0.2) is 22.2 Å². The number of aryl methyl sites for hydroxylation is 1. The third-order valence-corrected chi connectivity index (χ3v) is 3.58. The van der Waals surface area contributed by atoms with E-state index < -0.39 is 0 Å². The molecule has 0 saturated carbocycles. The molecule has 1 aliphatic rings. The van der Waals surface area contributed by atoms with Crippen molar-refractivity contribution in [2.45, 2.75) is 24.7 Å². The van der Waals surface area contributed by atoms with Gasteiger partial charge in [-0.3, -0.25) is 4.79 Å². The van der Waals surface area contributed by atoms with Crippen molar-refractivity contribution < 1.29 is 4.79 Å². The third kappa shape index (κ3) is 2.40. The van der Waals surface area contributed by atoms with Crippen molar-refractivity contribution in [2.75, 3.05) is 6.54 Å². The van der Waals surface area contributed by atoms with Crippen LogP contribution < -0.4 is 0 Å². The number of hydrogen-bond acceptors (Lipinski definition) is 1. The first-order chi connectivity index (χ1) is 7.16. The van der Waals surface area contributed by atoms with Crippen LogP contribution in [-0.2, 0) is 11.3 Å². The van der Waals surface area contributed by atoms with Crippen LogP contribution >= 0.6 is 15.9 Å². The molecule has 2 rings (SSSR count). The highest BCUT2D eigenvalue weighted by Gasteiger charge is 2.28. The molecule has 3 heteroatoms. The van der Waals surface area contributed by atoms with E-state index in [9.17, 15) is 4.79 Å². The molecule has 1 heterocycles. The SMILES string of the molecule is Cc1ccc(CN2CCC(Br)C2=O)cc1. The second-order valence-corrected chi connectivity index (χ2v) is 5.11. The van der Waals surface area contributed by atoms with E-state index in [1.807, 2.05) is 4.90 Å². The van der Waals surface area contributed by atoms with Gasteiger partial charge in [0.25, 0.3) is 0 Å². The molecule has 1 aliphatic heterocycles. The monoisotopic (exact) mass is 267 g/mol. The van der Waals surface area contributed by atoms with Gasteiger partial charge < -0.3 is 4.90 Å².